The molecule has 30 heavy (non-hydrogen) atoms. The number of aromatic nitrogens is 2. The Balaban J connectivity index is 1.77. The van der Waals surface area contributed by atoms with E-state index in [0.717, 1.165) is 33.9 Å². The average Bonchev–Trinajstić information content (AvgIpc) is 3.13. The third-order valence-electron chi connectivity index (χ3n) is 5.49. The zero-order valence-corrected chi connectivity index (χ0v) is 17.2. The number of carbonyl (C=O) groups is 1. The number of rotatable bonds is 3. The first-order valence-corrected chi connectivity index (χ1v) is 10.3. The van der Waals surface area contributed by atoms with E-state index in [-0.39, 0.29) is 11.8 Å². The van der Waals surface area contributed by atoms with E-state index in [1.54, 1.807) is 0 Å². The SMILES string of the molecule is Cc1ccc(-n2nc(-c3ccccc3)c3c2NC(=O)CC3c2cccc(Cl)c2)cc1. The molecule has 1 N–H and O–H groups in total. The molecule has 0 saturated heterocycles. The third kappa shape index (κ3) is 3.29. The lowest BCUT2D eigenvalue weighted by molar-refractivity contribution is -0.116. The number of hydrogen-bond acceptors (Lipinski definition) is 2. The molecule has 1 unspecified atom stereocenters. The van der Waals surface area contributed by atoms with E-state index < -0.39 is 0 Å². The van der Waals surface area contributed by atoms with E-state index in [1.165, 1.54) is 5.56 Å². The highest BCUT2D eigenvalue weighted by molar-refractivity contribution is 6.30. The van der Waals surface area contributed by atoms with Gasteiger partial charge in [0.05, 0.1) is 11.4 Å². The summed E-state index contributed by atoms with van der Waals surface area (Å²) in [5, 5.41) is 8.70. The summed E-state index contributed by atoms with van der Waals surface area (Å²) in [7, 11) is 0. The van der Waals surface area contributed by atoms with Crippen LogP contribution in [0.1, 0.15) is 29.0 Å². The predicted octanol–water partition coefficient (Wildman–Crippen LogP) is 5.98. The van der Waals surface area contributed by atoms with Crippen LogP contribution in [0.2, 0.25) is 5.02 Å². The second-order valence-corrected chi connectivity index (χ2v) is 8.02. The maximum absolute atomic E-state index is 12.7. The summed E-state index contributed by atoms with van der Waals surface area (Å²) in [6, 6.07) is 26.0. The van der Waals surface area contributed by atoms with Crippen LogP contribution in [0.5, 0.6) is 0 Å². The van der Waals surface area contributed by atoms with Gasteiger partial charge >= 0.3 is 0 Å². The highest BCUT2D eigenvalue weighted by atomic mass is 35.5. The molecule has 0 saturated carbocycles. The minimum Gasteiger partial charge on any atom is -0.310 e. The Kier molecular flexibility index (Phi) is 4.64. The Bertz CT molecular complexity index is 1230. The normalized spacial score (nSPS) is 15.5. The molecule has 0 spiro atoms. The van der Waals surface area contributed by atoms with Crippen molar-refractivity contribution >= 4 is 23.3 Å². The Labute approximate surface area is 180 Å². The van der Waals surface area contributed by atoms with Crippen LogP contribution >= 0.6 is 11.6 Å². The zero-order chi connectivity index (χ0) is 20.7. The van der Waals surface area contributed by atoms with Crippen molar-refractivity contribution < 1.29 is 4.79 Å². The van der Waals surface area contributed by atoms with Crippen LogP contribution in [0.15, 0.2) is 78.9 Å². The molecule has 0 fully saturated rings. The summed E-state index contributed by atoms with van der Waals surface area (Å²) in [6.45, 7) is 2.05. The summed E-state index contributed by atoms with van der Waals surface area (Å²) in [5.74, 6) is 0.570. The molecule has 148 valence electrons. The lowest BCUT2D eigenvalue weighted by atomic mass is 9.84. The first-order chi connectivity index (χ1) is 14.6. The van der Waals surface area contributed by atoms with E-state index in [0.29, 0.717) is 11.4 Å². The highest BCUT2D eigenvalue weighted by Crippen LogP contribution is 2.44. The van der Waals surface area contributed by atoms with E-state index in [4.69, 9.17) is 16.7 Å². The van der Waals surface area contributed by atoms with Crippen molar-refractivity contribution in [2.24, 2.45) is 0 Å². The molecule has 1 amide bonds. The molecular formula is C25H20ClN3O. The van der Waals surface area contributed by atoms with Gasteiger partial charge < -0.3 is 5.32 Å². The monoisotopic (exact) mass is 413 g/mol. The topological polar surface area (TPSA) is 46.9 Å². The Hall–Kier alpha value is -3.37. The summed E-state index contributed by atoms with van der Waals surface area (Å²) < 4.78 is 1.84. The van der Waals surface area contributed by atoms with Gasteiger partial charge in [-0.25, -0.2) is 4.68 Å². The molecule has 4 nitrogen and oxygen atoms in total. The lowest BCUT2D eigenvalue weighted by Crippen LogP contribution is -2.24. The van der Waals surface area contributed by atoms with Crippen molar-refractivity contribution in [2.75, 3.05) is 5.32 Å². The maximum atomic E-state index is 12.7. The van der Waals surface area contributed by atoms with Gasteiger partial charge in [0.15, 0.2) is 0 Å². The second-order valence-electron chi connectivity index (χ2n) is 7.58. The van der Waals surface area contributed by atoms with E-state index in [2.05, 4.69) is 12.2 Å². The fourth-order valence-corrected chi connectivity index (χ4v) is 4.24. The molecule has 1 atom stereocenters. The van der Waals surface area contributed by atoms with Gasteiger partial charge in [-0.1, -0.05) is 71.8 Å². The van der Waals surface area contributed by atoms with Crippen LogP contribution in [-0.2, 0) is 4.79 Å². The van der Waals surface area contributed by atoms with Crippen LogP contribution < -0.4 is 5.32 Å². The number of halogens is 1. The van der Waals surface area contributed by atoms with Gasteiger partial charge in [-0.15, -0.1) is 0 Å². The molecule has 1 aromatic heterocycles. The molecule has 4 aromatic rings. The fourth-order valence-electron chi connectivity index (χ4n) is 4.04. The number of nitrogens with one attached hydrogen (secondary N) is 1. The lowest BCUT2D eigenvalue weighted by Gasteiger charge is -2.25. The van der Waals surface area contributed by atoms with Crippen LogP contribution in [0.4, 0.5) is 5.82 Å². The van der Waals surface area contributed by atoms with Gasteiger partial charge in [0, 0.05) is 28.5 Å². The predicted molar refractivity (Wildman–Crippen MR) is 120 cm³/mol. The summed E-state index contributed by atoms with van der Waals surface area (Å²) in [5.41, 5.74) is 6.00. The van der Waals surface area contributed by atoms with Crippen LogP contribution in [-0.4, -0.2) is 15.7 Å². The van der Waals surface area contributed by atoms with Gasteiger partial charge in [0.1, 0.15) is 5.82 Å². The Morgan fingerprint density at radius 3 is 2.50 bits per heavy atom. The van der Waals surface area contributed by atoms with E-state index in [9.17, 15) is 4.79 Å². The number of hydrogen-bond donors (Lipinski definition) is 1. The zero-order valence-electron chi connectivity index (χ0n) is 16.5. The van der Waals surface area contributed by atoms with E-state index in [1.807, 2.05) is 83.5 Å². The minimum absolute atomic E-state index is 0.0275. The number of carbonyl (C=O) groups excluding carboxylic acids is 1. The number of anilines is 1. The first-order valence-electron chi connectivity index (χ1n) is 9.91. The largest absolute Gasteiger partial charge is 0.310 e. The van der Waals surface area contributed by atoms with Gasteiger partial charge in [-0.2, -0.15) is 5.10 Å². The molecule has 1 aliphatic rings. The van der Waals surface area contributed by atoms with Crippen LogP contribution in [0, 0.1) is 6.92 Å². The van der Waals surface area contributed by atoms with Gasteiger partial charge in [0.2, 0.25) is 5.91 Å². The van der Waals surface area contributed by atoms with Crippen LogP contribution in [0.25, 0.3) is 16.9 Å². The molecule has 2 heterocycles. The fraction of sp³-hybridized carbons (Fsp3) is 0.120. The van der Waals surface area contributed by atoms with Crippen molar-refractivity contribution in [2.45, 2.75) is 19.3 Å². The van der Waals surface area contributed by atoms with Crippen molar-refractivity contribution in [3.8, 4) is 16.9 Å². The van der Waals surface area contributed by atoms with Gasteiger partial charge in [-0.3, -0.25) is 4.79 Å². The van der Waals surface area contributed by atoms with Gasteiger partial charge in [-0.05, 0) is 36.8 Å². The Morgan fingerprint density at radius 2 is 1.77 bits per heavy atom. The van der Waals surface area contributed by atoms with Crippen molar-refractivity contribution in [1.29, 1.82) is 0 Å². The van der Waals surface area contributed by atoms with Crippen molar-refractivity contribution in [3.05, 3.63) is 101 Å². The quantitative estimate of drug-likeness (QED) is 0.449. The van der Waals surface area contributed by atoms with E-state index >= 15 is 0 Å². The summed E-state index contributed by atoms with van der Waals surface area (Å²) in [6.07, 6.45) is 0.354. The number of amides is 1. The molecule has 5 heteroatoms. The molecule has 0 aliphatic carbocycles. The summed E-state index contributed by atoms with van der Waals surface area (Å²) >= 11 is 6.28. The van der Waals surface area contributed by atoms with Crippen molar-refractivity contribution in [1.82, 2.24) is 9.78 Å². The number of aryl methyl sites for hydroxylation is 1. The average molecular weight is 414 g/mol. The second kappa shape index (κ2) is 7.47. The number of benzene rings is 3. The molecule has 3 aromatic carbocycles. The summed E-state index contributed by atoms with van der Waals surface area (Å²) in [4.78, 5) is 12.7. The molecule has 0 bridgehead atoms. The van der Waals surface area contributed by atoms with Crippen LogP contribution in [0.3, 0.4) is 0 Å². The minimum atomic E-state index is -0.123. The molecule has 5 rings (SSSR count). The third-order valence-corrected chi connectivity index (χ3v) is 5.73. The first kappa shape index (κ1) is 18.6. The molecule has 0 radical (unpaired) electrons. The van der Waals surface area contributed by atoms with Crippen molar-refractivity contribution in [3.63, 3.8) is 0 Å². The van der Waals surface area contributed by atoms with Gasteiger partial charge in [0.25, 0.3) is 0 Å². The molecular weight excluding hydrogens is 394 g/mol. The number of nitrogens with zero attached hydrogens (tertiary/aromatic N) is 2. The Morgan fingerprint density at radius 1 is 1.00 bits per heavy atom. The standard InChI is InChI=1S/C25H20ClN3O/c1-16-10-12-20(13-11-16)29-25-23(24(28-29)17-6-3-2-4-7-17)21(15-22(30)27-25)18-8-5-9-19(26)14-18/h2-14,21H,15H2,1H3,(H,27,30). The molecule has 1 aliphatic heterocycles. The highest BCUT2D eigenvalue weighted by Gasteiger charge is 2.34. The number of fused-ring (bicyclic) bond motifs is 1. The smallest absolute Gasteiger partial charge is 0.226 e. The maximum Gasteiger partial charge on any atom is 0.226 e.